The van der Waals surface area contributed by atoms with Crippen molar-refractivity contribution in [1.82, 2.24) is 10.6 Å². The highest BCUT2D eigenvalue weighted by molar-refractivity contribution is 7.79. The van der Waals surface area contributed by atoms with Crippen LogP contribution in [0.4, 0.5) is 0 Å². The minimum atomic E-state index is -4.67. The Morgan fingerprint density at radius 1 is 0.667 bits per heavy atom. The number of aliphatic hydroxyl groups is 2. The zero-order chi connectivity index (χ0) is 30.6. The van der Waals surface area contributed by atoms with Crippen LogP contribution in [-0.4, -0.2) is 72.3 Å². The zero-order valence-corrected chi connectivity index (χ0v) is 24.1. The second kappa shape index (κ2) is 15.8. The molecule has 0 fully saturated rings. The summed E-state index contributed by atoms with van der Waals surface area (Å²) in [6, 6.07) is 8.69. The number of hydrogen-bond acceptors (Lipinski definition) is 10. The van der Waals surface area contributed by atoms with Gasteiger partial charge in [-0.25, -0.2) is 0 Å². The normalized spacial score (nSPS) is 13.4. The molecule has 0 aliphatic carbocycles. The highest BCUT2D eigenvalue weighted by Crippen LogP contribution is 2.28. The molecule has 2 aromatic carbocycles. The molecule has 0 aliphatic rings. The second-order valence-corrected chi connectivity index (χ2v) is 11.1. The van der Waals surface area contributed by atoms with Crippen molar-refractivity contribution in [3.8, 4) is 23.0 Å². The summed E-state index contributed by atoms with van der Waals surface area (Å²) in [7, 11) is -4.67. The lowest BCUT2D eigenvalue weighted by molar-refractivity contribution is 0.159. The molecule has 0 amide bonds. The topological polar surface area (TPSA) is 220 Å². The molecule has 0 heterocycles. The van der Waals surface area contributed by atoms with Crippen LogP contribution in [-0.2, 0) is 10.4 Å². The SMILES string of the molecule is CCC(C)(C)NCC(O)c1ccc(O)c(O)c1.CCC(C)(C)NCC(O)c1ccc(O)c(O)c1.O=S(=O)(O)O. The summed E-state index contributed by atoms with van der Waals surface area (Å²) < 4.78 is 31.6. The van der Waals surface area contributed by atoms with Crippen LogP contribution in [0.25, 0.3) is 0 Å². The van der Waals surface area contributed by atoms with E-state index in [-0.39, 0.29) is 34.1 Å². The molecule has 2 atom stereocenters. The third kappa shape index (κ3) is 16.1. The van der Waals surface area contributed by atoms with Crippen LogP contribution >= 0.6 is 0 Å². The monoisotopic (exact) mass is 576 g/mol. The standard InChI is InChI=1S/2C13H21NO3.H2O4S/c2*1-4-13(2,3)14-8-12(17)9-5-6-10(15)11(16)7-9;1-5(2,3)4/h2*5-7,12,14-17H,4,8H2,1-3H3;(H2,1,2,3,4). The van der Waals surface area contributed by atoms with Gasteiger partial charge in [0.05, 0.1) is 12.2 Å². The van der Waals surface area contributed by atoms with Crippen molar-refractivity contribution in [3.05, 3.63) is 47.5 Å². The molecular formula is C26H44N2O10S. The van der Waals surface area contributed by atoms with Crippen molar-refractivity contribution >= 4 is 10.4 Å². The molecule has 2 aromatic rings. The molecule has 2 unspecified atom stereocenters. The van der Waals surface area contributed by atoms with E-state index in [9.17, 15) is 30.6 Å². The molecule has 10 N–H and O–H groups in total. The molecular weight excluding hydrogens is 532 g/mol. The number of rotatable bonds is 10. The molecule has 0 saturated carbocycles. The largest absolute Gasteiger partial charge is 0.504 e. The van der Waals surface area contributed by atoms with Crippen molar-refractivity contribution in [2.75, 3.05) is 13.1 Å². The van der Waals surface area contributed by atoms with Crippen molar-refractivity contribution in [2.24, 2.45) is 0 Å². The molecule has 13 heteroatoms. The first-order chi connectivity index (χ1) is 17.7. The molecule has 0 aromatic heterocycles. The smallest absolute Gasteiger partial charge is 0.394 e. The predicted molar refractivity (Wildman–Crippen MR) is 148 cm³/mol. The molecule has 2 rings (SSSR count). The Bertz CT molecular complexity index is 1040. The molecule has 0 spiro atoms. The fourth-order valence-electron chi connectivity index (χ4n) is 2.73. The molecule has 0 radical (unpaired) electrons. The van der Waals surface area contributed by atoms with Crippen LogP contribution in [0.15, 0.2) is 36.4 Å². The van der Waals surface area contributed by atoms with E-state index in [1.165, 1.54) is 24.3 Å². The first-order valence-electron chi connectivity index (χ1n) is 12.3. The predicted octanol–water partition coefficient (Wildman–Crippen LogP) is 3.17. The third-order valence-corrected chi connectivity index (χ3v) is 6.08. The van der Waals surface area contributed by atoms with Gasteiger partial charge in [0, 0.05) is 24.2 Å². The Labute approximate surface area is 230 Å². The van der Waals surface area contributed by atoms with Crippen LogP contribution in [0.1, 0.15) is 77.7 Å². The summed E-state index contributed by atoms with van der Waals surface area (Å²) >= 11 is 0. The van der Waals surface area contributed by atoms with Crippen LogP contribution in [0.3, 0.4) is 0 Å². The highest BCUT2D eigenvalue weighted by atomic mass is 32.3. The number of nitrogens with one attached hydrogen (secondary N) is 2. The lowest BCUT2D eigenvalue weighted by Gasteiger charge is -2.26. The van der Waals surface area contributed by atoms with E-state index in [0.717, 1.165) is 12.8 Å². The van der Waals surface area contributed by atoms with Gasteiger partial charge in [-0.3, -0.25) is 9.11 Å². The molecule has 0 aliphatic heterocycles. The average molecular weight is 577 g/mol. The van der Waals surface area contributed by atoms with Crippen LogP contribution in [0.5, 0.6) is 23.0 Å². The number of aromatic hydroxyl groups is 4. The van der Waals surface area contributed by atoms with Gasteiger partial charge in [0.15, 0.2) is 23.0 Å². The Balaban J connectivity index is 0.000000632. The van der Waals surface area contributed by atoms with Gasteiger partial charge in [0.1, 0.15) is 0 Å². The fourth-order valence-corrected chi connectivity index (χ4v) is 2.73. The first kappa shape index (κ1) is 36.4. The summed E-state index contributed by atoms with van der Waals surface area (Å²) in [5, 5.41) is 63.4. The number of phenols is 4. The Hall–Kier alpha value is -2.65. The fraction of sp³-hybridized carbons (Fsp3) is 0.538. The number of β-amino-alcohol motifs (C(OH)–C–C–N with tert-alkyl or cyclic N) is 2. The van der Waals surface area contributed by atoms with E-state index in [2.05, 4.69) is 52.2 Å². The average Bonchev–Trinajstić information content (AvgIpc) is 2.84. The summed E-state index contributed by atoms with van der Waals surface area (Å²) in [4.78, 5) is 0. The molecule has 39 heavy (non-hydrogen) atoms. The number of aliphatic hydroxyl groups excluding tert-OH is 2. The van der Waals surface area contributed by atoms with E-state index in [0.29, 0.717) is 24.2 Å². The second-order valence-electron chi connectivity index (χ2n) is 10.2. The Morgan fingerprint density at radius 3 is 1.18 bits per heavy atom. The maximum absolute atomic E-state index is 9.94. The van der Waals surface area contributed by atoms with Gasteiger partial charge in [-0.2, -0.15) is 8.42 Å². The van der Waals surface area contributed by atoms with Gasteiger partial charge in [0.25, 0.3) is 0 Å². The highest BCUT2D eigenvalue weighted by Gasteiger charge is 2.18. The maximum Gasteiger partial charge on any atom is 0.394 e. The van der Waals surface area contributed by atoms with Gasteiger partial charge in [-0.05, 0) is 75.9 Å². The molecule has 12 nitrogen and oxygen atoms in total. The van der Waals surface area contributed by atoms with Gasteiger partial charge in [-0.1, -0.05) is 26.0 Å². The Kier molecular flexibility index (Phi) is 14.7. The van der Waals surface area contributed by atoms with E-state index < -0.39 is 22.6 Å². The Morgan fingerprint density at radius 2 is 0.949 bits per heavy atom. The van der Waals surface area contributed by atoms with Crippen molar-refractivity contribution < 1.29 is 48.2 Å². The van der Waals surface area contributed by atoms with E-state index >= 15 is 0 Å². The maximum atomic E-state index is 9.94. The van der Waals surface area contributed by atoms with Crippen LogP contribution in [0, 0.1) is 0 Å². The summed E-state index contributed by atoms with van der Waals surface area (Å²) in [6.45, 7) is 13.2. The van der Waals surface area contributed by atoms with E-state index in [4.69, 9.17) is 17.5 Å². The van der Waals surface area contributed by atoms with Crippen molar-refractivity contribution in [3.63, 3.8) is 0 Å². The molecule has 0 bridgehead atoms. The minimum absolute atomic E-state index is 0.0278. The van der Waals surface area contributed by atoms with Gasteiger partial charge >= 0.3 is 10.4 Å². The quantitative estimate of drug-likeness (QED) is 0.146. The number of benzene rings is 2. The minimum Gasteiger partial charge on any atom is -0.504 e. The number of hydrogen-bond donors (Lipinski definition) is 10. The van der Waals surface area contributed by atoms with Crippen LogP contribution in [0.2, 0.25) is 0 Å². The lowest BCUT2D eigenvalue weighted by Crippen LogP contribution is -2.40. The molecule has 224 valence electrons. The van der Waals surface area contributed by atoms with E-state index in [1.807, 2.05) is 0 Å². The van der Waals surface area contributed by atoms with Crippen LogP contribution < -0.4 is 10.6 Å². The summed E-state index contributed by atoms with van der Waals surface area (Å²) in [5.74, 6) is -0.779. The third-order valence-electron chi connectivity index (χ3n) is 6.08. The first-order valence-corrected chi connectivity index (χ1v) is 13.7. The van der Waals surface area contributed by atoms with E-state index in [1.54, 1.807) is 12.1 Å². The summed E-state index contributed by atoms with van der Waals surface area (Å²) in [5.41, 5.74) is 1.11. The summed E-state index contributed by atoms with van der Waals surface area (Å²) in [6.07, 6.45) is 0.515. The lowest BCUT2D eigenvalue weighted by atomic mass is 10.0. The van der Waals surface area contributed by atoms with Gasteiger partial charge in [-0.15, -0.1) is 0 Å². The zero-order valence-electron chi connectivity index (χ0n) is 23.2. The molecule has 0 saturated heterocycles. The van der Waals surface area contributed by atoms with Gasteiger partial charge < -0.3 is 41.3 Å². The van der Waals surface area contributed by atoms with Gasteiger partial charge in [0.2, 0.25) is 0 Å². The number of phenolic OH excluding ortho intramolecular Hbond substituents is 4. The van der Waals surface area contributed by atoms with Crippen molar-refractivity contribution in [1.29, 1.82) is 0 Å². The van der Waals surface area contributed by atoms with Crippen molar-refractivity contribution in [2.45, 2.75) is 77.7 Å².